The Bertz CT molecular complexity index is 915. The number of nitrogens with zero attached hydrogens (tertiary/aromatic N) is 1. The molecule has 2 amide bonds. The van der Waals surface area contributed by atoms with E-state index in [0.29, 0.717) is 45.2 Å². The zero-order valence-corrected chi connectivity index (χ0v) is 17.5. The summed E-state index contributed by atoms with van der Waals surface area (Å²) >= 11 is 0. The number of para-hydroxylation sites is 1. The molecular formula is C21H28N2O5S. The van der Waals surface area contributed by atoms with E-state index in [1.54, 1.807) is 0 Å². The molecule has 2 fully saturated rings. The molecule has 1 spiro atoms. The number of sulfone groups is 1. The van der Waals surface area contributed by atoms with E-state index in [1.807, 2.05) is 36.1 Å². The summed E-state index contributed by atoms with van der Waals surface area (Å²) in [6.45, 7) is 3.30. The number of likely N-dealkylation sites (tertiary alicyclic amines) is 1. The summed E-state index contributed by atoms with van der Waals surface area (Å²) in [5.74, 6) is 0.188. The van der Waals surface area contributed by atoms with Crippen LogP contribution in [-0.4, -0.2) is 55.3 Å². The SMILES string of the molecule is CCN1CC[C@]2(CCC1=O)C[C@H](NC(=O)[C@H]1CCS(=O)(=O)C1)c1ccccc1O2. The Morgan fingerprint density at radius 2 is 2.10 bits per heavy atom. The standard InChI is InChI=1S/C21H28N2O5S/c1-2-23-11-10-21(9-7-19(23)24)13-17(16-5-3-4-6-18(16)28-21)22-20(25)15-8-12-29(26,27)14-15/h3-6,15,17H,2,7-14H2,1H3,(H,22,25)/t15-,17-,21+/m0/s1. The van der Waals surface area contributed by atoms with E-state index in [2.05, 4.69) is 5.32 Å². The van der Waals surface area contributed by atoms with Gasteiger partial charge in [0.2, 0.25) is 11.8 Å². The highest BCUT2D eigenvalue weighted by Crippen LogP contribution is 2.44. The Balaban J connectivity index is 1.57. The molecule has 0 radical (unpaired) electrons. The van der Waals surface area contributed by atoms with Gasteiger partial charge in [0.05, 0.1) is 23.5 Å². The van der Waals surface area contributed by atoms with Crippen molar-refractivity contribution in [3.05, 3.63) is 29.8 Å². The largest absolute Gasteiger partial charge is 0.487 e. The first-order chi connectivity index (χ1) is 13.8. The molecule has 0 unspecified atom stereocenters. The van der Waals surface area contributed by atoms with E-state index in [-0.39, 0.29) is 29.4 Å². The summed E-state index contributed by atoms with van der Waals surface area (Å²) in [4.78, 5) is 27.0. The van der Waals surface area contributed by atoms with Gasteiger partial charge >= 0.3 is 0 Å². The van der Waals surface area contributed by atoms with Crippen LogP contribution < -0.4 is 10.1 Å². The molecule has 1 N–H and O–H groups in total. The van der Waals surface area contributed by atoms with E-state index in [9.17, 15) is 18.0 Å². The van der Waals surface area contributed by atoms with Gasteiger partial charge in [-0.15, -0.1) is 0 Å². The Morgan fingerprint density at radius 1 is 1.31 bits per heavy atom. The number of amides is 2. The van der Waals surface area contributed by atoms with Crippen molar-refractivity contribution in [3.8, 4) is 5.75 Å². The minimum Gasteiger partial charge on any atom is -0.487 e. The van der Waals surface area contributed by atoms with Crippen LogP contribution in [0.1, 0.15) is 50.6 Å². The fourth-order valence-corrected chi connectivity index (χ4v) is 6.50. The summed E-state index contributed by atoms with van der Waals surface area (Å²) < 4.78 is 30.0. The van der Waals surface area contributed by atoms with Crippen molar-refractivity contribution < 1.29 is 22.7 Å². The Labute approximate surface area is 171 Å². The maximum Gasteiger partial charge on any atom is 0.224 e. The first kappa shape index (κ1) is 20.2. The van der Waals surface area contributed by atoms with Gasteiger partial charge in [-0.1, -0.05) is 18.2 Å². The molecule has 3 aliphatic rings. The van der Waals surface area contributed by atoms with Crippen molar-refractivity contribution in [3.63, 3.8) is 0 Å². The first-order valence-electron chi connectivity index (χ1n) is 10.4. The average molecular weight is 421 g/mol. The monoisotopic (exact) mass is 420 g/mol. The van der Waals surface area contributed by atoms with Gasteiger partial charge in [0.15, 0.2) is 9.84 Å². The quantitative estimate of drug-likeness (QED) is 0.805. The summed E-state index contributed by atoms with van der Waals surface area (Å²) in [7, 11) is -3.12. The second-order valence-electron chi connectivity index (χ2n) is 8.41. The molecule has 3 atom stereocenters. The average Bonchev–Trinajstić information content (AvgIpc) is 2.99. The van der Waals surface area contributed by atoms with Crippen molar-refractivity contribution >= 4 is 21.7 Å². The third-order valence-corrected chi connectivity index (χ3v) is 8.25. The molecule has 4 rings (SSSR count). The zero-order chi connectivity index (χ0) is 20.6. The highest BCUT2D eigenvalue weighted by Gasteiger charge is 2.44. The fraction of sp³-hybridized carbons (Fsp3) is 0.619. The van der Waals surface area contributed by atoms with E-state index in [0.717, 1.165) is 11.3 Å². The lowest BCUT2D eigenvalue weighted by molar-refractivity contribution is -0.130. The van der Waals surface area contributed by atoms with Crippen molar-refractivity contribution in [2.75, 3.05) is 24.6 Å². The van der Waals surface area contributed by atoms with Crippen LogP contribution >= 0.6 is 0 Å². The Kier molecular flexibility index (Phi) is 5.31. The number of carbonyl (C=O) groups excluding carboxylic acids is 2. The smallest absolute Gasteiger partial charge is 0.224 e. The summed E-state index contributed by atoms with van der Waals surface area (Å²) in [5, 5.41) is 3.10. The minimum atomic E-state index is -3.12. The molecule has 8 heteroatoms. The number of nitrogens with one attached hydrogen (secondary N) is 1. The van der Waals surface area contributed by atoms with Crippen molar-refractivity contribution in [1.29, 1.82) is 0 Å². The van der Waals surface area contributed by atoms with Crippen LogP contribution in [0.4, 0.5) is 0 Å². The number of fused-ring (bicyclic) bond motifs is 1. The number of hydrogen-bond donors (Lipinski definition) is 1. The summed E-state index contributed by atoms with van der Waals surface area (Å²) in [6.07, 6.45) is 2.72. The number of carbonyl (C=O) groups is 2. The minimum absolute atomic E-state index is 0.0746. The molecule has 0 bridgehead atoms. The molecule has 1 aromatic rings. The fourth-order valence-electron chi connectivity index (χ4n) is 4.76. The van der Waals surface area contributed by atoms with Crippen LogP contribution in [0.5, 0.6) is 5.75 Å². The van der Waals surface area contributed by atoms with E-state index in [4.69, 9.17) is 4.74 Å². The van der Waals surface area contributed by atoms with Crippen LogP contribution in [-0.2, 0) is 19.4 Å². The number of rotatable bonds is 3. The normalized spacial score (nSPS) is 31.1. The van der Waals surface area contributed by atoms with Gasteiger partial charge in [-0.05, 0) is 25.8 Å². The third-order valence-electron chi connectivity index (χ3n) is 6.48. The molecule has 7 nitrogen and oxygen atoms in total. The van der Waals surface area contributed by atoms with E-state index in [1.165, 1.54) is 0 Å². The van der Waals surface area contributed by atoms with Gasteiger partial charge in [-0.3, -0.25) is 9.59 Å². The number of benzene rings is 1. The van der Waals surface area contributed by atoms with Crippen LogP contribution in [0, 0.1) is 5.92 Å². The van der Waals surface area contributed by atoms with Crippen LogP contribution in [0.15, 0.2) is 24.3 Å². The lowest BCUT2D eigenvalue weighted by Gasteiger charge is -2.42. The van der Waals surface area contributed by atoms with Gasteiger partial charge < -0.3 is 15.0 Å². The maximum atomic E-state index is 12.8. The molecule has 0 saturated carbocycles. The predicted molar refractivity (Wildman–Crippen MR) is 108 cm³/mol. The van der Waals surface area contributed by atoms with Gasteiger partial charge in [0.25, 0.3) is 0 Å². The van der Waals surface area contributed by atoms with Crippen molar-refractivity contribution in [2.45, 2.75) is 50.7 Å². The summed E-state index contributed by atoms with van der Waals surface area (Å²) in [6, 6.07) is 7.41. The Hall–Kier alpha value is -2.09. The molecular weight excluding hydrogens is 392 g/mol. The number of hydrogen-bond acceptors (Lipinski definition) is 5. The predicted octanol–water partition coefficient (Wildman–Crippen LogP) is 1.83. The maximum absolute atomic E-state index is 12.8. The first-order valence-corrected chi connectivity index (χ1v) is 12.2. The van der Waals surface area contributed by atoms with Crippen molar-refractivity contribution in [2.24, 2.45) is 5.92 Å². The van der Waals surface area contributed by atoms with Gasteiger partial charge in [0, 0.05) is 37.9 Å². The topological polar surface area (TPSA) is 92.8 Å². The summed E-state index contributed by atoms with van der Waals surface area (Å²) in [5.41, 5.74) is 0.406. The molecule has 1 aromatic carbocycles. The van der Waals surface area contributed by atoms with Crippen LogP contribution in [0.3, 0.4) is 0 Å². The van der Waals surface area contributed by atoms with Gasteiger partial charge in [-0.2, -0.15) is 0 Å². The molecule has 29 heavy (non-hydrogen) atoms. The lowest BCUT2D eigenvalue weighted by atomic mass is 9.82. The second kappa shape index (κ2) is 7.63. The molecule has 158 valence electrons. The van der Waals surface area contributed by atoms with Crippen molar-refractivity contribution in [1.82, 2.24) is 10.2 Å². The molecule has 0 aromatic heterocycles. The van der Waals surface area contributed by atoms with Crippen LogP contribution in [0.2, 0.25) is 0 Å². The molecule has 2 saturated heterocycles. The van der Waals surface area contributed by atoms with E-state index < -0.39 is 21.4 Å². The van der Waals surface area contributed by atoms with Crippen LogP contribution in [0.25, 0.3) is 0 Å². The van der Waals surface area contributed by atoms with Gasteiger partial charge in [0.1, 0.15) is 11.4 Å². The Morgan fingerprint density at radius 3 is 2.83 bits per heavy atom. The highest BCUT2D eigenvalue weighted by atomic mass is 32.2. The highest BCUT2D eigenvalue weighted by molar-refractivity contribution is 7.91. The third kappa shape index (κ3) is 4.13. The number of ether oxygens (including phenoxy) is 1. The van der Waals surface area contributed by atoms with Gasteiger partial charge in [-0.25, -0.2) is 8.42 Å². The second-order valence-corrected chi connectivity index (χ2v) is 10.6. The van der Waals surface area contributed by atoms with E-state index >= 15 is 0 Å². The zero-order valence-electron chi connectivity index (χ0n) is 16.7. The molecule has 3 aliphatic heterocycles. The molecule has 3 heterocycles. The molecule has 0 aliphatic carbocycles. The lowest BCUT2D eigenvalue weighted by Crippen LogP contribution is -2.47.